The van der Waals surface area contributed by atoms with E-state index in [1.807, 2.05) is 13.0 Å². The summed E-state index contributed by atoms with van der Waals surface area (Å²) in [7, 11) is -2.34. The molecule has 0 radical (unpaired) electrons. The van der Waals surface area contributed by atoms with Gasteiger partial charge in [-0.15, -0.1) is 0 Å². The average molecular weight is 405 g/mol. The molecular formula is C20H23NO6S. The van der Waals surface area contributed by atoms with Crippen molar-refractivity contribution in [2.24, 2.45) is 0 Å². The van der Waals surface area contributed by atoms with E-state index in [1.54, 1.807) is 24.3 Å². The fourth-order valence-electron chi connectivity index (χ4n) is 3.40. The zero-order valence-corrected chi connectivity index (χ0v) is 16.6. The number of fused-ring (bicyclic) bond motifs is 1. The number of hydrogen-bond donors (Lipinski definition) is 1. The summed E-state index contributed by atoms with van der Waals surface area (Å²) < 4.78 is 38.6. The van der Waals surface area contributed by atoms with Crippen LogP contribution < -0.4 is 13.8 Å². The van der Waals surface area contributed by atoms with Gasteiger partial charge in [-0.2, -0.15) is 0 Å². The van der Waals surface area contributed by atoms with Crippen LogP contribution in [0.1, 0.15) is 31.2 Å². The number of carboxylic acids is 1. The number of nitrogens with zero attached hydrogens (tertiary/aromatic N) is 1. The molecule has 3 rings (SSSR count). The maximum absolute atomic E-state index is 13.3. The molecule has 0 bridgehead atoms. The van der Waals surface area contributed by atoms with Gasteiger partial charge in [0.1, 0.15) is 11.5 Å². The Morgan fingerprint density at radius 2 is 2.00 bits per heavy atom. The van der Waals surface area contributed by atoms with Gasteiger partial charge in [0.25, 0.3) is 10.0 Å². The van der Waals surface area contributed by atoms with Crippen molar-refractivity contribution in [3.8, 4) is 11.5 Å². The zero-order valence-electron chi connectivity index (χ0n) is 15.8. The van der Waals surface area contributed by atoms with E-state index in [4.69, 9.17) is 14.6 Å². The molecule has 0 spiro atoms. The SMILES string of the molecule is CCOc1ccc2c(c1)C(CCC(=O)O)CN2S(=O)(=O)c1cccc(OC)c1. The average Bonchev–Trinajstić information content (AvgIpc) is 3.05. The van der Waals surface area contributed by atoms with Crippen LogP contribution in [0.25, 0.3) is 0 Å². The van der Waals surface area contributed by atoms with Crippen molar-refractivity contribution in [1.29, 1.82) is 0 Å². The van der Waals surface area contributed by atoms with Crippen LogP contribution >= 0.6 is 0 Å². The lowest BCUT2D eigenvalue weighted by molar-refractivity contribution is -0.137. The minimum Gasteiger partial charge on any atom is -0.497 e. The third-order valence-electron chi connectivity index (χ3n) is 4.74. The van der Waals surface area contributed by atoms with Crippen molar-refractivity contribution < 1.29 is 27.8 Å². The Morgan fingerprint density at radius 3 is 2.68 bits per heavy atom. The molecule has 28 heavy (non-hydrogen) atoms. The number of hydrogen-bond acceptors (Lipinski definition) is 5. The Kier molecular flexibility index (Phi) is 5.79. The van der Waals surface area contributed by atoms with Crippen LogP contribution in [0.2, 0.25) is 0 Å². The van der Waals surface area contributed by atoms with E-state index in [0.29, 0.717) is 30.2 Å². The summed E-state index contributed by atoms with van der Waals surface area (Å²) in [4.78, 5) is 11.2. The van der Waals surface area contributed by atoms with Gasteiger partial charge in [0.05, 0.1) is 24.3 Å². The molecule has 0 aromatic heterocycles. The Labute approximate surface area is 164 Å². The predicted molar refractivity (Wildman–Crippen MR) is 105 cm³/mol. The molecule has 2 aromatic carbocycles. The van der Waals surface area contributed by atoms with E-state index < -0.39 is 16.0 Å². The Morgan fingerprint density at radius 1 is 1.21 bits per heavy atom. The molecular weight excluding hydrogens is 382 g/mol. The zero-order chi connectivity index (χ0) is 20.3. The summed E-state index contributed by atoms with van der Waals surface area (Å²) in [5, 5.41) is 9.05. The summed E-state index contributed by atoms with van der Waals surface area (Å²) >= 11 is 0. The number of methoxy groups -OCH3 is 1. The van der Waals surface area contributed by atoms with Crippen molar-refractivity contribution >= 4 is 21.7 Å². The number of sulfonamides is 1. The topological polar surface area (TPSA) is 93.1 Å². The molecule has 2 aromatic rings. The largest absolute Gasteiger partial charge is 0.497 e. The fraction of sp³-hybridized carbons (Fsp3) is 0.350. The molecule has 1 aliphatic heterocycles. The van der Waals surface area contributed by atoms with Gasteiger partial charge in [0.2, 0.25) is 0 Å². The number of carboxylic acid groups (broad SMARTS) is 1. The molecule has 150 valence electrons. The maximum Gasteiger partial charge on any atom is 0.303 e. The highest BCUT2D eigenvalue weighted by atomic mass is 32.2. The van der Waals surface area contributed by atoms with E-state index in [-0.39, 0.29) is 23.8 Å². The summed E-state index contributed by atoms with van der Waals surface area (Å²) in [6, 6.07) is 11.6. The van der Waals surface area contributed by atoms with Gasteiger partial charge in [0, 0.05) is 24.9 Å². The van der Waals surface area contributed by atoms with Crippen LogP contribution in [0.15, 0.2) is 47.4 Å². The van der Waals surface area contributed by atoms with E-state index in [1.165, 1.54) is 23.5 Å². The van der Waals surface area contributed by atoms with Crippen molar-refractivity contribution in [3.05, 3.63) is 48.0 Å². The van der Waals surface area contributed by atoms with Crippen LogP contribution in [0, 0.1) is 0 Å². The normalized spacial score (nSPS) is 15.9. The second-order valence-electron chi connectivity index (χ2n) is 6.50. The quantitative estimate of drug-likeness (QED) is 0.725. The second-order valence-corrected chi connectivity index (χ2v) is 8.36. The van der Waals surface area contributed by atoms with Gasteiger partial charge < -0.3 is 14.6 Å². The molecule has 0 saturated carbocycles. The molecule has 0 aliphatic carbocycles. The standard InChI is InChI=1S/C20H23NO6S/c1-3-27-16-8-9-19-18(12-16)14(7-10-20(22)23)13-21(19)28(24,25)17-6-4-5-15(11-17)26-2/h4-6,8-9,11-12,14H,3,7,10,13H2,1-2H3,(H,22,23). The first-order valence-corrected chi connectivity index (χ1v) is 10.5. The van der Waals surface area contributed by atoms with Gasteiger partial charge in [-0.1, -0.05) is 6.07 Å². The molecule has 1 heterocycles. The summed E-state index contributed by atoms with van der Waals surface area (Å²) in [5.74, 6) is -0.0275. The van der Waals surface area contributed by atoms with E-state index in [9.17, 15) is 13.2 Å². The summed E-state index contributed by atoms with van der Waals surface area (Å²) in [6.07, 6.45) is 0.318. The third-order valence-corrected chi connectivity index (χ3v) is 6.52. The minimum atomic E-state index is -3.82. The Balaban J connectivity index is 2.01. The molecule has 0 amide bonds. The smallest absolute Gasteiger partial charge is 0.303 e. The molecule has 0 saturated heterocycles. The number of benzene rings is 2. The van der Waals surface area contributed by atoms with Gasteiger partial charge in [-0.25, -0.2) is 8.42 Å². The highest BCUT2D eigenvalue weighted by Gasteiger charge is 2.37. The van der Waals surface area contributed by atoms with Crippen LogP contribution in [-0.4, -0.2) is 39.8 Å². The lowest BCUT2D eigenvalue weighted by Crippen LogP contribution is -2.30. The number of aliphatic carboxylic acids is 1. The van der Waals surface area contributed by atoms with Gasteiger partial charge in [0.15, 0.2) is 0 Å². The molecule has 1 aliphatic rings. The summed E-state index contributed by atoms with van der Waals surface area (Å²) in [6.45, 7) is 2.55. The number of rotatable bonds is 8. The van der Waals surface area contributed by atoms with Crippen LogP contribution in [0.5, 0.6) is 11.5 Å². The van der Waals surface area contributed by atoms with Gasteiger partial charge >= 0.3 is 5.97 Å². The van der Waals surface area contributed by atoms with Gasteiger partial charge in [-0.3, -0.25) is 9.10 Å². The molecule has 7 nitrogen and oxygen atoms in total. The van der Waals surface area contributed by atoms with E-state index in [2.05, 4.69) is 0 Å². The highest BCUT2D eigenvalue weighted by Crippen LogP contribution is 2.43. The Hall–Kier alpha value is -2.74. The van der Waals surface area contributed by atoms with Crippen molar-refractivity contribution in [1.82, 2.24) is 0 Å². The highest BCUT2D eigenvalue weighted by molar-refractivity contribution is 7.92. The first-order valence-electron chi connectivity index (χ1n) is 9.02. The first kappa shape index (κ1) is 20.0. The van der Waals surface area contributed by atoms with E-state index >= 15 is 0 Å². The molecule has 1 atom stereocenters. The fourth-order valence-corrected chi connectivity index (χ4v) is 4.97. The van der Waals surface area contributed by atoms with Crippen molar-refractivity contribution in [2.45, 2.75) is 30.6 Å². The molecule has 1 N–H and O–H groups in total. The summed E-state index contributed by atoms with van der Waals surface area (Å²) in [5.41, 5.74) is 1.35. The van der Waals surface area contributed by atoms with Crippen LogP contribution in [0.3, 0.4) is 0 Å². The maximum atomic E-state index is 13.3. The number of anilines is 1. The van der Waals surface area contributed by atoms with Crippen molar-refractivity contribution in [2.75, 3.05) is 24.6 Å². The van der Waals surface area contributed by atoms with Crippen LogP contribution in [0.4, 0.5) is 5.69 Å². The third kappa shape index (κ3) is 3.91. The number of ether oxygens (including phenoxy) is 2. The number of carbonyl (C=O) groups is 1. The monoisotopic (exact) mass is 405 g/mol. The lowest BCUT2D eigenvalue weighted by Gasteiger charge is -2.20. The molecule has 8 heteroatoms. The van der Waals surface area contributed by atoms with Crippen molar-refractivity contribution in [3.63, 3.8) is 0 Å². The second kappa shape index (κ2) is 8.10. The van der Waals surface area contributed by atoms with Gasteiger partial charge in [-0.05, 0) is 49.2 Å². The lowest BCUT2D eigenvalue weighted by atomic mass is 9.96. The molecule has 0 fully saturated rings. The Bertz CT molecular complexity index is 972. The van der Waals surface area contributed by atoms with E-state index in [0.717, 1.165) is 5.56 Å². The first-order chi connectivity index (χ1) is 13.4. The predicted octanol–water partition coefficient (Wildman–Crippen LogP) is 3.25. The minimum absolute atomic E-state index is 0.0317. The molecule has 1 unspecified atom stereocenters. The van der Waals surface area contributed by atoms with Crippen LogP contribution in [-0.2, 0) is 14.8 Å².